The standard InChI is InChI=1S/C13H15BrN2O2/c1-9-6-11(16-18-9)8-17-13-3-2-10(4-5-15)7-12(13)14/h2-3,6-7H,4-5,8,15H2,1H3. The fraction of sp³-hybridized carbons (Fsp3) is 0.308. The summed E-state index contributed by atoms with van der Waals surface area (Å²) in [7, 11) is 0. The van der Waals surface area contributed by atoms with E-state index in [-0.39, 0.29) is 0 Å². The van der Waals surface area contributed by atoms with Gasteiger partial charge in [0.1, 0.15) is 23.8 Å². The van der Waals surface area contributed by atoms with E-state index in [1.807, 2.05) is 31.2 Å². The van der Waals surface area contributed by atoms with Crippen molar-refractivity contribution in [3.63, 3.8) is 0 Å². The molecule has 5 heteroatoms. The average molecular weight is 311 g/mol. The van der Waals surface area contributed by atoms with Crippen molar-refractivity contribution in [3.05, 3.63) is 45.8 Å². The van der Waals surface area contributed by atoms with Crippen LogP contribution >= 0.6 is 15.9 Å². The van der Waals surface area contributed by atoms with Gasteiger partial charge in [0.25, 0.3) is 0 Å². The second kappa shape index (κ2) is 6.02. The van der Waals surface area contributed by atoms with Crippen LogP contribution in [0.25, 0.3) is 0 Å². The van der Waals surface area contributed by atoms with Crippen LogP contribution in [0.4, 0.5) is 0 Å². The molecule has 1 aromatic carbocycles. The molecule has 0 spiro atoms. The normalized spacial score (nSPS) is 10.6. The van der Waals surface area contributed by atoms with Gasteiger partial charge < -0.3 is 15.0 Å². The SMILES string of the molecule is Cc1cc(COc2ccc(CCN)cc2Br)no1. The van der Waals surface area contributed by atoms with Crippen LogP contribution < -0.4 is 10.5 Å². The Morgan fingerprint density at radius 3 is 2.83 bits per heavy atom. The van der Waals surface area contributed by atoms with E-state index >= 15 is 0 Å². The van der Waals surface area contributed by atoms with Crippen molar-refractivity contribution >= 4 is 15.9 Å². The number of ether oxygens (including phenoxy) is 1. The smallest absolute Gasteiger partial charge is 0.134 e. The molecule has 0 fully saturated rings. The van der Waals surface area contributed by atoms with Crippen LogP contribution in [0.3, 0.4) is 0 Å². The summed E-state index contributed by atoms with van der Waals surface area (Å²) in [4.78, 5) is 0. The van der Waals surface area contributed by atoms with E-state index < -0.39 is 0 Å². The molecule has 96 valence electrons. The van der Waals surface area contributed by atoms with Crippen LogP contribution in [0.1, 0.15) is 17.0 Å². The van der Waals surface area contributed by atoms with E-state index in [9.17, 15) is 0 Å². The Kier molecular flexibility index (Phi) is 4.38. The number of aryl methyl sites for hydroxylation is 1. The zero-order valence-corrected chi connectivity index (χ0v) is 11.7. The molecule has 0 bridgehead atoms. The minimum Gasteiger partial charge on any atom is -0.486 e. The Hall–Kier alpha value is -1.33. The Morgan fingerprint density at radius 1 is 1.39 bits per heavy atom. The highest BCUT2D eigenvalue weighted by atomic mass is 79.9. The Labute approximate surface area is 114 Å². The first-order valence-corrected chi connectivity index (χ1v) is 6.52. The van der Waals surface area contributed by atoms with Crippen molar-refractivity contribution in [1.82, 2.24) is 5.16 Å². The lowest BCUT2D eigenvalue weighted by Crippen LogP contribution is -2.03. The molecular formula is C13H15BrN2O2. The lowest BCUT2D eigenvalue weighted by molar-refractivity contribution is 0.286. The summed E-state index contributed by atoms with van der Waals surface area (Å²) in [5.74, 6) is 1.57. The molecule has 0 aliphatic rings. The van der Waals surface area contributed by atoms with Crippen LogP contribution in [0.2, 0.25) is 0 Å². The van der Waals surface area contributed by atoms with E-state index in [1.54, 1.807) is 0 Å². The van der Waals surface area contributed by atoms with Crippen LogP contribution in [-0.2, 0) is 13.0 Å². The number of nitrogens with zero attached hydrogens (tertiary/aromatic N) is 1. The summed E-state index contributed by atoms with van der Waals surface area (Å²) in [5, 5.41) is 3.88. The molecule has 1 aromatic heterocycles. The Bertz CT molecular complexity index is 525. The molecule has 0 radical (unpaired) electrons. The lowest BCUT2D eigenvalue weighted by Gasteiger charge is -2.08. The number of hydrogen-bond acceptors (Lipinski definition) is 4. The van der Waals surface area contributed by atoms with Crippen LogP contribution in [-0.4, -0.2) is 11.7 Å². The third-order valence-electron chi connectivity index (χ3n) is 2.48. The lowest BCUT2D eigenvalue weighted by atomic mass is 10.1. The number of halogens is 1. The molecule has 2 rings (SSSR count). The number of rotatable bonds is 5. The van der Waals surface area contributed by atoms with Gasteiger partial charge in [-0.1, -0.05) is 11.2 Å². The molecule has 18 heavy (non-hydrogen) atoms. The highest BCUT2D eigenvalue weighted by molar-refractivity contribution is 9.10. The van der Waals surface area contributed by atoms with E-state index in [1.165, 1.54) is 5.56 Å². The van der Waals surface area contributed by atoms with Crippen molar-refractivity contribution in [2.24, 2.45) is 5.73 Å². The monoisotopic (exact) mass is 310 g/mol. The number of nitrogens with two attached hydrogens (primary N) is 1. The molecule has 0 aliphatic carbocycles. The molecule has 4 nitrogen and oxygen atoms in total. The van der Waals surface area contributed by atoms with E-state index in [0.29, 0.717) is 13.2 Å². The molecule has 0 atom stereocenters. The molecular weight excluding hydrogens is 296 g/mol. The molecule has 0 unspecified atom stereocenters. The predicted octanol–water partition coefficient (Wildman–Crippen LogP) is 2.83. The van der Waals surface area contributed by atoms with Gasteiger partial charge in [0.2, 0.25) is 0 Å². The molecule has 2 aromatic rings. The first kappa shape index (κ1) is 13.1. The topological polar surface area (TPSA) is 61.3 Å². The summed E-state index contributed by atoms with van der Waals surface area (Å²) in [6, 6.07) is 7.83. The fourth-order valence-corrected chi connectivity index (χ4v) is 2.16. The minimum atomic E-state index is 0.395. The largest absolute Gasteiger partial charge is 0.486 e. The van der Waals surface area contributed by atoms with E-state index in [4.69, 9.17) is 15.0 Å². The Balaban J connectivity index is 2.01. The minimum absolute atomic E-state index is 0.395. The summed E-state index contributed by atoms with van der Waals surface area (Å²) >= 11 is 3.49. The maximum atomic E-state index is 5.67. The second-order valence-corrected chi connectivity index (χ2v) is 4.88. The highest BCUT2D eigenvalue weighted by Gasteiger charge is 2.05. The molecule has 2 N–H and O–H groups in total. The quantitative estimate of drug-likeness (QED) is 0.922. The van der Waals surface area contributed by atoms with Crippen LogP contribution in [0, 0.1) is 6.92 Å². The van der Waals surface area contributed by atoms with Crippen molar-refractivity contribution in [3.8, 4) is 5.75 Å². The maximum absolute atomic E-state index is 5.67. The Morgan fingerprint density at radius 2 is 2.22 bits per heavy atom. The van der Waals surface area contributed by atoms with E-state index in [2.05, 4.69) is 21.1 Å². The van der Waals surface area contributed by atoms with Crippen LogP contribution in [0.15, 0.2) is 33.3 Å². The van der Waals surface area contributed by atoms with E-state index in [0.717, 1.165) is 28.1 Å². The highest BCUT2D eigenvalue weighted by Crippen LogP contribution is 2.26. The van der Waals surface area contributed by atoms with Crippen molar-refractivity contribution in [2.75, 3.05) is 6.54 Å². The van der Waals surface area contributed by atoms with Gasteiger partial charge in [0, 0.05) is 6.07 Å². The molecule has 0 amide bonds. The van der Waals surface area contributed by atoms with Gasteiger partial charge in [0.05, 0.1) is 4.47 Å². The molecule has 1 heterocycles. The number of aromatic nitrogens is 1. The molecule has 0 saturated heterocycles. The predicted molar refractivity (Wildman–Crippen MR) is 72.5 cm³/mol. The number of hydrogen-bond donors (Lipinski definition) is 1. The molecule has 0 aliphatic heterocycles. The van der Waals surface area contributed by atoms with Crippen molar-refractivity contribution in [1.29, 1.82) is 0 Å². The average Bonchev–Trinajstić information content (AvgIpc) is 2.74. The van der Waals surface area contributed by atoms with Gasteiger partial charge in [-0.05, 0) is 53.5 Å². The van der Waals surface area contributed by atoms with Gasteiger partial charge in [0.15, 0.2) is 0 Å². The van der Waals surface area contributed by atoms with Crippen molar-refractivity contribution < 1.29 is 9.26 Å². The van der Waals surface area contributed by atoms with Gasteiger partial charge in [-0.2, -0.15) is 0 Å². The first-order valence-electron chi connectivity index (χ1n) is 5.72. The van der Waals surface area contributed by atoms with Gasteiger partial charge in [-0.15, -0.1) is 0 Å². The maximum Gasteiger partial charge on any atom is 0.134 e. The third-order valence-corrected chi connectivity index (χ3v) is 3.10. The van der Waals surface area contributed by atoms with Crippen LogP contribution in [0.5, 0.6) is 5.75 Å². The zero-order valence-electron chi connectivity index (χ0n) is 10.1. The number of benzene rings is 1. The fourth-order valence-electron chi connectivity index (χ4n) is 1.62. The second-order valence-electron chi connectivity index (χ2n) is 4.02. The molecule has 0 saturated carbocycles. The zero-order chi connectivity index (χ0) is 13.0. The summed E-state index contributed by atoms with van der Waals surface area (Å²) in [6.07, 6.45) is 0.862. The van der Waals surface area contributed by atoms with Gasteiger partial charge in [-0.25, -0.2) is 0 Å². The summed E-state index contributed by atoms with van der Waals surface area (Å²) in [5.41, 5.74) is 7.49. The summed E-state index contributed by atoms with van der Waals surface area (Å²) in [6.45, 7) is 2.89. The van der Waals surface area contributed by atoms with Crippen molar-refractivity contribution in [2.45, 2.75) is 20.0 Å². The summed E-state index contributed by atoms with van der Waals surface area (Å²) < 4.78 is 11.6. The first-order chi connectivity index (χ1) is 8.69. The van der Waals surface area contributed by atoms with Gasteiger partial charge >= 0.3 is 0 Å². The third kappa shape index (κ3) is 3.34. The van der Waals surface area contributed by atoms with Gasteiger partial charge in [-0.3, -0.25) is 0 Å².